The first-order valence-electron chi connectivity index (χ1n) is 6.74. The minimum absolute atomic E-state index is 0.772. The van der Waals surface area contributed by atoms with Crippen molar-refractivity contribution in [2.75, 3.05) is 6.54 Å². The Kier molecular flexibility index (Phi) is 6.12. The van der Waals surface area contributed by atoms with Gasteiger partial charge in [0.05, 0.1) is 0 Å². The van der Waals surface area contributed by atoms with Gasteiger partial charge in [-0.2, -0.15) is 11.2 Å². The predicted molar refractivity (Wildman–Crippen MR) is 80.4 cm³/mol. The molecule has 0 heterocycles. The Morgan fingerprint density at radius 2 is 2.06 bits per heavy atom. The fourth-order valence-corrected chi connectivity index (χ4v) is 6.90. The standard InChI is InChI=1S/C13H27NSSi/c1-5-6-7-11-14-12-9-8-10-13(12)15-16(2,3)4/h13H,5-11H2,1-4H3/b14-12+. The highest BCUT2D eigenvalue weighted by Gasteiger charge is 2.28. The Balaban J connectivity index is 2.39. The van der Waals surface area contributed by atoms with E-state index in [9.17, 15) is 0 Å². The molecule has 1 aliphatic carbocycles. The van der Waals surface area contributed by atoms with Crippen molar-refractivity contribution in [3.8, 4) is 0 Å². The molecule has 0 bridgehead atoms. The third-order valence-corrected chi connectivity index (χ3v) is 7.32. The minimum atomic E-state index is -0.983. The van der Waals surface area contributed by atoms with Gasteiger partial charge in [0.25, 0.3) is 0 Å². The molecule has 1 unspecified atom stereocenters. The van der Waals surface area contributed by atoms with E-state index in [-0.39, 0.29) is 0 Å². The Hall–Kier alpha value is 0.237. The van der Waals surface area contributed by atoms with Gasteiger partial charge in [0.1, 0.15) is 7.22 Å². The second-order valence-corrected chi connectivity index (χ2v) is 15.1. The van der Waals surface area contributed by atoms with Gasteiger partial charge in [-0.1, -0.05) is 39.4 Å². The summed E-state index contributed by atoms with van der Waals surface area (Å²) >= 11 is 2.24. The molecule has 16 heavy (non-hydrogen) atoms. The van der Waals surface area contributed by atoms with Crippen molar-refractivity contribution in [3.63, 3.8) is 0 Å². The normalized spacial score (nSPS) is 24.2. The van der Waals surface area contributed by atoms with Crippen molar-refractivity contribution in [1.82, 2.24) is 0 Å². The van der Waals surface area contributed by atoms with Crippen molar-refractivity contribution in [2.45, 2.75) is 70.3 Å². The van der Waals surface area contributed by atoms with E-state index in [1.165, 1.54) is 44.2 Å². The first-order chi connectivity index (χ1) is 7.53. The van der Waals surface area contributed by atoms with Crippen molar-refractivity contribution in [3.05, 3.63) is 0 Å². The molecule has 0 aromatic rings. The van der Waals surface area contributed by atoms with Crippen LogP contribution in [0.2, 0.25) is 19.6 Å². The van der Waals surface area contributed by atoms with Crippen LogP contribution in [0.1, 0.15) is 45.4 Å². The van der Waals surface area contributed by atoms with E-state index in [1.54, 1.807) is 0 Å². The van der Waals surface area contributed by atoms with E-state index < -0.39 is 7.22 Å². The lowest BCUT2D eigenvalue weighted by atomic mass is 10.2. The van der Waals surface area contributed by atoms with Crippen LogP contribution in [0.15, 0.2) is 4.99 Å². The number of rotatable bonds is 6. The Morgan fingerprint density at radius 3 is 2.69 bits per heavy atom. The summed E-state index contributed by atoms with van der Waals surface area (Å²) in [5.41, 5.74) is 1.53. The van der Waals surface area contributed by atoms with Crippen molar-refractivity contribution < 1.29 is 0 Å². The molecule has 1 rings (SSSR count). The van der Waals surface area contributed by atoms with E-state index in [4.69, 9.17) is 4.99 Å². The summed E-state index contributed by atoms with van der Waals surface area (Å²) in [5.74, 6) is 0. The first kappa shape index (κ1) is 14.3. The molecule has 0 N–H and O–H groups in total. The van der Waals surface area contributed by atoms with Gasteiger partial charge in [-0.15, -0.1) is 0 Å². The molecular weight excluding hydrogens is 230 g/mol. The van der Waals surface area contributed by atoms with E-state index in [0.29, 0.717) is 0 Å². The van der Waals surface area contributed by atoms with Gasteiger partial charge in [0.15, 0.2) is 0 Å². The summed E-state index contributed by atoms with van der Waals surface area (Å²) in [7, 11) is -0.983. The molecule has 0 saturated heterocycles. The zero-order chi connectivity index (χ0) is 12.0. The van der Waals surface area contributed by atoms with E-state index in [0.717, 1.165) is 11.8 Å². The second-order valence-electron chi connectivity index (χ2n) is 5.69. The summed E-state index contributed by atoms with van der Waals surface area (Å²) in [6.07, 6.45) is 7.94. The smallest absolute Gasteiger partial charge is 0.109 e. The molecule has 1 nitrogen and oxygen atoms in total. The zero-order valence-electron chi connectivity index (χ0n) is 11.4. The monoisotopic (exact) mass is 257 g/mol. The number of hydrogen-bond donors (Lipinski definition) is 0. The molecule has 1 fully saturated rings. The third kappa shape index (κ3) is 5.53. The molecule has 1 atom stereocenters. The highest BCUT2D eigenvalue weighted by Crippen LogP contribution is 2.34. The largest absolute Gasteiger partial charge is 0.293 e. The van der Waals surface area contributed by atoms with Crippen LogP contribution in [0.5, 0.6) is 0 Å². The number of aliphatic imine (C=N–C) groups is 1. The number of nitrogens with zero attached hydrogens (tertiary/aromatic N) is 1. The Morgan fingerprint density at radius 1 is 1.31 bits per heavy atom. The topological polar surface area (TPSA) is 12.4 Å². The average molecular weight is 258 g/mol. The molecule has 0 aromatic heterocycles. The molecule has 94 valence electrons. The lowest BCUT2D eigenvalue weighted by Crippen LogP contribution is -2.23. The van der Waals surface area contributed by atoms with Gasteiger partial charge in [0, 0.05) is 17.5 Å². The van der Waals surface area contributed by atoms with Gasteiger partial charge >= 0.3 is 0 Å². The molecule has 3 heteroatoms. The van der Waals surface area contributed by atoms with Crippen molar-refractivity contribution >= 4 is 24.1 Å². The SMILES string of the molecule is CCCCC/N=C1\CCCC1S[Si](C)(C)C. The summed E-state index contributed by atoms with van der Waals surface area (Å²) in [6, 6.07) is 0. The summed E-state index contributed by atoms with van der Waals surface area (Å²) in [6.45, 7) is 10.7. The molecular formula is C13H27NSSi. The number of hydrogen-bond acceptors (Lipinski definition) is 2. The van der Waals surface area contributed by atoms with Crippen LogP contribution in [0.4, 0.5) is 0 Å². The first-order valence-corrected chi connectivity index (χ1v) is 11.8. The van der Waals surface area contributed by atoms with Crippen molar-refractivity contribution in [1.29, 1.82) is 0 Å². The predicted octanol–water partition coefficient (Wildman–Crippen LogP) is 4.74. The van der Waals surface area contributed by atoms with E-state index >= 15 is 0 Å². The highest BCUT2D eigenvalue weighted by molar-refractivity contribution is 8.29. The maximum absolute atomic E-state index is 4.84. The van der Waals surface area contributed by atoms with Crippen LogP contribution >= 0.6 is 11.2 Å². The maximum Gasteiger partial charge on any atom is 0.109 e. The molecule has 0 aromatic carbocycles. The fourth-order valence-electron chi connectivity index (χ4n) is 2.12. The van der Waals surface area contributed by atoms with Crippen molar-refractivity contribution in [2.24, 2.45) is 4.99 Å². The van der Waals surface area contributed by atoms with Crippen LogP contribution in [-0.4, -0.2) is 24.7 Å². The lowest BCUT2D eigenvalue weighted by Gasteiger charge is -2.21. The van der Waals surface area contributed by atoms with Gasteiger partial charge in [-0.3, -0.25) is 4.99 Å². The molecule has 0 radical (unpaired) electrons. The van der Waals surface area contributed by atoms with Crippen LogP contribution in [0.3, 0.4) is 0 Å². The summed E-state index contributed by atoms with van der Waals surface area (Å²) in [4.78, 5) is 4.84. The average Bonchev–Trinajstić information content (AvgIpc) is 2.58. The number of unbranched alkanes of at least 4 members (excludes halogenated alkanes) is 2. The lowest BCUT2D eigenvalue weighted by molar-refractivity contribution is 0.727. The van der Waals surface area contributed by atoms with Crippen LogP contribution in [0.25, 0.3) is 0 Å². The summed E-state index contributed by atoms with van der Waals surface area (Å²) in [5, 5.41) is 0.772. The maximum atomic E-state index is 4.84. The Labute approximate surface area is 106 Å². The van der Waals surface area contributed by atoms with Gasteiger partial charge in [0.2, 0.25) is 0 Å². The zero-order valence-corrected chi connectivity index (χ0v) is 13.2. The van der Waals surface area contributed by atoms with Gasteiger partial charge < -0.3 is 0 Å². The van der Waals surface area contributed by atoms with Gasteiger partial charge in [-0.05, 0) is 25.7 Å². The van der Waals surface area contributed by atoms with Gasteiger partial charge in [-0.25, -0.2) is 0 Å². The second kappa shape index (κ2) is 6.85. The quantitative estimate of drug-likeness (QED) is 0.494. The van der Waals surface area contributed by atoms with Crippen LogP contribution in [-0.2, 0) is 0 Å². The molecule has 1 saturated carbocycles. The minimum Gasteiger partial charge on any atom is -0.293 e. The molecule has 0 amide bonds. The van der Waals surface area contributed by atoms with E-state index in [2.05, 4.69) is 37.8 Å². The molecule has 0 spiro atoms. The summed E-state index contributed by atoms with van der Waals surface area (Å²) < 4.78 is 0. The van der Waals surface area contributed by atoms with Crippen LogP contribution < -0.4 is 0 Å². The molecule has 0 aliphatic heterocycles. The molecule has 1 aliphatic rings. The highest BCUT2D eigenvalue weighted by atomic mass is 32.4. The fraction of sp³-hybridized carbons (Fsp3) is 0.923. The third-order valence-electron chi connectivity index (χ3n) is 2.84. The van der Waals surface area contributed by atoms with Crippen LogP contribution in [0, 0.1) is 0 Å². The Bertz CT molecular complexity index is 233. The van der Waals surface area contributed by atoms with E-state index in [1.807, 2.05) is 0 Å².